The molecular formula is C24H18ClN5O3. The quantitative estimate of drug-likeness (QED) is 0.357. The summed E-state index contributed by atoms with van der Waals surface area (Å²) in [5.74, 6) is 1.41. The van der Waals surface area contributed by atoms with Crippen molar-refractivity contribution in [2.75, 3.05) is 6.61 Å². The zero-order valence-electron chi connectivity index (χ0n) is 17.3. The second-order valence-electron chi connectivity index (χ2n) is 7.11. The van der Waals surface area contributed by atoms with Crippen LogP contribution in [0.5, 0.6) is 17.5 Å². The summed E-state index contributed by atoms with van der Waals surface area (Å²) < 4.78 is 14.2. The van der Waals surface area contributed by atoms with Gasteiger partial charge in [0.15, 0.2) is 5.65 Å². The zero-order valence-corrected chi connectivity index (χ0v) is 18.1. The Bertz CT molecular complexity index is 1430. The van der Waals surface area contributed by atoms with Crippen molar-refractivity contribution in [3.05, 3.63) is 101 Å². The normalized spacial score (nSPS) is 10.9. The molecule has 0 unspecified atom stereocenters. The summed E-state index contributed by atoms with van der Waals surface area (Å²) in [5.41, 5.74) is 2.15. The van der Waals surface area contributed by atoms with Gasteiger partial charge in [-0.05, 0) is 65.7 Å². The first-order valence-electron chi connectivity index (χ1n) is 10.2. The first kappa shape index (κ1) is 20.7. The molecule has 0 aliphatic carbocycles. The highest BCUT2D eigenvalue weighted by Gasteiger charge is 2.09. The van der Waals surface area contributed by atoms with Gasteiger partial charge in [0.1, 0.15) is 18.1 Å². The average Bonchev–Trinajstić information content (AvgIpc) is 3.16. The maximum absolute atomic E-state index is 12.8. The van der Waals surface area contributed by atoms with Gasteiger partial charge in [0.05, 0.1) is 6.54 Å². The van der Waals surface area contributed by atoms with Crippen LogP contribution >= 0.6 is 11.6 Å². The van der Waals surface area contributed by atoms with Gasteiger partial charge >= 0.3 is 11.7 Å². The number of rotatable bonds is 7. The molecule has 0 atom stereocenters. The maximum atomic E-state index is 12.8. The van der Waals surface area contributed by atoms with Crippen LogP contribution in [0.2, 0.25) is 5.02 Å². The average molecular weight is 460 g/mol. The van der Waals surface area contributed by atoms with Gasteiger partial charge in [-0.1, -0.05) is 23.7 Å². The van der Waals surface area contributed by atoms with E-state index in [1.54, 1.807) is 36.8 Å². The Labute approximate surface area is 193 Å². The number of pyridine rings is 1. The number of benzene rings is 2. The molecule has 2 aromatic carbocycles. The molecule has 5 aromatic rings. The van der Waals surface area contributed by atoms with Crippen LogP contribution in [-0.2, 0) is 6.54 Å². The largest absolute Gasteiger partial charge is 0.461 e. The highest BCUT2D eigenvalue weighted by molar-refractivity contribution is 6.30. The number of aromatic nitrogens is 5. The molecule has 0 N–H and O–H groups in total. The van der Waals surface area contributed by atoms with Gasteiger partial charge in [-0.2, -0.15) is 0 Å². The summed E-state index contributed by atoms with van der Waals surface area (Å²) in [5, 5.41) is 5.02. The number of fused-ring (bicyclic) bond motifs is 1. The smallest absolute Gasteiger partial charge is 0.350 e. The van der Waals surface area contributed by atoms with Crippen LogP contribution in [0.1, 0.15) is 0 Å². The highest BCUT2D eigenvalue weighted by Crippen LogP contribution is 2.26. The van der Waals surface area contributed by atoms with E-state index in [1.807, 2.05) is 48.5 Å². The van der Waals surface area contributed by atoms with Gasteiger partial charge in [0, 0.05) is 23.6 Å². The first-order chi connectivity index (χ1) is 16.2. The predicted molar refractivity (Wildman–Crippen MR) is 124 cm³/mol. The van der Waals surface area contributed by atoms with Crippen molar-refractivity contribution >= 4 is 17.2 Å². The molecule has 8 nitrogen and oxygen atoms in total. The molecule has 164 valence electrons. The molecule has 0 fully saturated rings. The lowest BCUT2D eigenvalue weighted by Gasteiger charge is -2.07. The summed E-state index contributed by atoms with van der Waals surface area (Å²) >= 11 is 5.91. The van der Waals surface area contributed by atoms with Crippen LogP contribution in [0.25, 0.3) is 16.8 Å². The number of halogens is 1. The molecule has 0 saturated carbocycles. The van der Waals surface area contributed by atoms with E-state index in [4.69, 9.17) is 21.1 Å². The molecule has 0 aliphatic heterocycles. The van der Waals surface area contributed by atoms with Gasteiger partial charge in [0.2, 0.25) is 0 Å². The highest BCUT2D eigenvalue weighted by atomic mass is 35.5. The van der Waals surface area contributed by atoms with Crippen LogP contribution in [0.15, 0.2) is 90.1 Å². The molecule has 0 aliphatic rings. The van der Waals surface area contributed by atoms with Crippen molar-refractivity contribution in [2.45, 2.75) is 6.54 Å². The SMILES string of the molecule is O=c1n(CCOc2ncccn2)nc2ccc(-c3ccc(Oc4ccc(Cl)cc4)cc3)cn12. The minimum Gasteiger partial charge on any atom is -0.461 e. The van der Waals surface area contributed by atoms with E-state index in [2.05, 4.69) is 15.1 Å². The van der Waals surface area contributed by atoms with Crippen LogP contribution in [-0.4, -0.2) is 30.8 Å². The van der Waals surface area contributed by atoms with E-state index in [-0.39, 0.29) is 24.9 Å². The fraction of sp³-hybridized carbons (Fsp3) is 0.0833. The van der Waals surface area contributed by atoms with Gasteiger partial charge in [-0.25, -0.2) is 23.8 Å². The zero-order chi connectivity index (χ0) is 22.6. The molecule has 0 saturated heterocycles. The van der Waals surface area contributed by atoms with E-state index in [1.165, 1.54) is 9.08 Å². The van der Waals surface area contributed by atoms with Crippen LogP contribution in [0.4, 0.5) is 0 Å². The Hall–Kier alpha value is -4.17. The number of ether oxygens (including phenoxy) is 2. The van der Waals surface area contributed by atoms with Gasteiger partial charge in [-0.3, -0.25) is 0 Å². The topological polar surface area (TPSA) is 83.5 Å². The lowest BCUT2D eigenvalue weighted by Crippen LogP contribution is -2.24. The van der Waals surface area contributed by atoms with E-state index < -0.39 is 0 Å². The maximum Gasteiger partial charge on any atom is 0.350 e. The van der Waals surface area contributed by atoms with Crippen molar-refractivity contribution in [3.8, 4) is 28.6 Å². The van der Waals surface area contributed by atoms with Gasteiger partial charge in [0.25, 0.3) is 0 Å². The molecule has 0 amide bonds. The van der Waals surface area contributed by atoms with E-state index in [0.717, 1.165) is 11.1 Å². The number of hydrogen-bond acceptors (Lipinski definition) is 6. The summed E-state index contributed by atoms with van der Waals surface area (Å²) in [6.45, 7) is 0.514. The van der Waals surface area contributed by atoms with Crippen molar-refractivity contribution < 1.29 is 9.47 Å². The second-order valence-corrected chi connectivity index (χ2v) is 7.55. The van der Waals surface area contributed by atoms with Crippen LogP contribution < -0.4 is 15.2 Å². The number of hydrogen-bond donors (Lipinski definition) is 0. The molecule has 0 radical (unpaired) electrons. The van der Waals surface area contributed by atoms with Gasteiger partial charge < -0.3 is 9.47 Å². The summed E-state index contributed by atoms with van der Waals surface area (Å²) in [6.07, 6.45) is 4.96. The third kappa shape index (κ3) is 4.70. The molecule has 0 bridgehead atoms. The minimum atomic E-state index is -0.243. The molecule has 33 heavy (non-hydrogen) atoms. The number of nitrogens with zero attached hydrogens (tertiary/aromatic N) is 5. The molecule has 0 spiro atoms. The third-order valence-electron chi connectivity index (χ3n) is 4.89. The minimum absolute atomic E-state index is 0.232. The Morgan fingerprint density at radius 3 is 2.24 bits per heavy atom. The standard InChI is InChI=1S/C24H18ClN5O3/c25-19-5-9-21(10-6-19)33-20-7-2-17(3-8-20)18-4-11-22-28-30(24(31)29(22)16-18)14-15-32-23-26-12-1-13-27-23/h1-13,16H,14-15H2. The molecule has 3 aromatic heterocycles. The lowest BCUT2D eigenvalue weighted by atomic mass is 10.1. The molecule has 5 rings (SSSR count). The molecule has 3 heterocycles. The molecule has 9 heteroatoms. The monoisotopic (exact) mass is 459 g/mol. The molecular weight excluding hydrogens is 442 g/mol. The Morgan fingerprint density at radius 1 is 0.848 bits per heavy atom. The lowest BCUT2D eigenvalue weighted by molar-refractivity contribution is 0.268. The van der Waals surface area contributed by atoms with E-state index >= 15 is 0 Å². The van der Waals surface area contributed by atoms with Crippen LogP contribution in [0.3, 0.4) is 0 Å². The fourth-order valence-electron chi connectivity index (χ4n) is 3.27. The van der Waals surface area contributed by atoms with Crippen molar-refractivity contribution in [3.63, 3.8) is 0 Å². The summed E-state index contributed by atoms with van der Waals surface area (Å²) in [4.78, 5) is 20.8. The fourth-order valence-corrected chi connectivity index (χ4v) is 3.40. The summed E-state index contributed by atoms with van der Waals surface area (Å²) in [6, 6.07) is 20.5. The van der Waals surface area contributed by atoms with E-state index in [9.17, 15) is 4.79 Å². The first-order valence-corrected chi connectivity index (χ1v) is 10.6. The predicted octanol–water partition coefficient (Wildman–Crippen LogP) is 4.48. The van der Waals surface area contributed by atoms with E-state index in [0.29, 0.717) is 22.2 Å². The van der Waals surface area contributed by atoms with Crippen LogP contribution in [0, 0.1) is 0 Å². The Morgan fingerprint density at radius 2 is 1.52 bits per heavy atom. The Kier molecular flexibility index (Phi) is 5.73. The third-order valence-corrected chi connectivity index (χ3v) is 5.14. The Balaban J connectivity index is 1.31. The van der Waals surface area contributed by atoms with Crippen molar-refractivity contribution in [1.29, 1.82) is 0 Å². The second kappa shape index (κ2) is 9.13. The van der Waals surface area contributed by atoms with Gasteiger partial charge in [-0.15, -0.1) is 5.10 Å². The van der Waals surface area contributed by atoms with Crippen molar-refractivity contribution in [2.24, 2.45) is 0 Å². The summed E-state index contributed by atoms with van der Waals surface area (Å²) in [7, 11) is 0. The van der Waals surface area contributed by atoms with Crippen molar-refractivity contribution in [1.82, 2.24) is 24.1 Å².